The van der Waals surface area contributed by atoms with Gasteiger partial charge in [0.15, 0.2) is 0 Å². The molecule has 0 spiro atoms. The van der Waals surface area contributed by atoms with Crippen molar-refractivity contribution >= 4 is 21.9 Å². The predicted octanol–water partition coefficient (Wildman–Crippen LogP) is 6.15. The van der Waals surface area contributed by atoms with Crippen LogP contribution in [0.1, 0.15) is 76.2 Å². The SMILES string of the molecule is CCCCCCCCCCC(C(=O)O)c1ccc(Br)cc1. The third kappa shape index (κ3) is 7.66. The monoisotopic (exact) mass is 354 g/mol. The molecule has 1 atom stereocenters. The summed E-state index contributed by atoms with van der Waals surface area (Å²) in [7, 11) is 0. The number of halogens is 1. The topological polar surface area (TPSA) is 37.3 Å². The number of hydrogen-bond donors (Lipinski definition) is 1. The van der Waals surface area contributed by atoms with Gasteiger partial charge in [0.05, 0.1) is 5.92 Å². The van der Waals surface area contributed by atoms with Gasteiger partial charge >= 0.3 is 5.97 Å². The van der Waals surface area contributed by atoms with Crippen LogP contribution in [0.2, 0.25) is 0 Å². The minimum absolute atomic E-state index is 0.363. The molecule has 1 aromatic rings. The van der Waals surface area contributed by atoms with E-state index in [4.69, 9.17) is 0 Å². The first-order chi connectivity index (χ1) is 10.1. The summed E-state index contributed by atoms with van der Waals surface area (Å²) < 4.78 is 0.988. The highest BCUT2D eigenvalue weighted by Gasteiger charge is 2.18. The lowest BCUT2D eigenvalue weighted by atomic mass is 9.93. The second-order valence-electron chi connectivity index (χ2n) is 5.71. The Bertz CT molecular complexity index is 400. The van der Waals surface area contributed by atoms with Crippen molar-refractivity contribution in [1.29, 1.82) is 0 Å². The van der Waals surface area contributed by atoms with Gasteiger partial charge in [-0.3, -0.25) is 4.79 Å². The number of unbranched alkanes of at least 4 members (excludes halogenated alkanes) is 7. The van der Waals surface area contributed by atoms with Crippen molar-refractivity contribution in [2.45, 2.75) is 70.6 Å². The quantitative estimate of drug-likeness (QED) is 0.484. The normalized spacial score (nSPS) is 12.3. The maximum absolute atomic E-state index is 11.4. The fourth-order valence-corrected chi connectivity index (χ4v) is 2.87. The Labute approximate surface area is 137 Å². The Hall–Kier alpha value is -0.830. The van der Waals surface area contributed by atoms with Gasteiger partial charge in [-0.15, -0.1) is 0 Å². The molecule has 0 heterocycles. The fourth-order valence-electron chi connectivity index (χ4n) is 2.61. The van der Waals surface area contributed by atoms with Crippen LogP contribution in [0, 0.1) is 0 Å². The van der Waals surface area contributed by atoms with Crippen LogP contribution in [0.15, 0.2) is 28.7 Å². The predicted molar refractivity (Wildman–Crippen MR) is 91.7 cm³/mol. The molecule has 1 N–H and O–H groups in total. The summed E-state index contributed by atoms with van der Waals surface area (Å²) in [5.74, 6) is -1.07. The summed E-state index contributed by atoms with van der Waals surface area (Å²) in [5.41, 5.74) is 0.911. The lowest BCUT2D eigenvalue weighted by Crippen LogP contribution is -2.11. The summed E-state index contributed by atoms with van der Waals surface area (Å²) >= 11 is 3.38. The molecule has 2 nitrogen and oxygen atoms in total. The van der Waals surface area contributed by atoms with Crippen molar-refractivity contribution < 1.29 is 9.90 Å². The number of carboxylic acid groups (broad SMARTS) is 1. The molecule has 1 aromatic carbocycles. The summed E-state index contributed by atoms with van der Waals surface area (Å²) in [6.45, 7) is 2.23. The Balaban J connectivity index is 2.26. The average molecular weight is 355 g/mol. The lowest BCUT2D eigenvalue weighted by Gasteiger charge is -2.12. The Morgan fingerprint density at radius 1 is 1.00 bits per heavy atom. The molecule has 0 fully saturated rings. The maximum Gasteiger partial charge on any atom is 0.310 e. The third-order valence-corrected chi connectivity index (χ3v) is 4.45. The molecule has 1 rings (SSSR count). The zero-order chi connectivity index (χ0) is 15.5. The van der Waals surface area contributed by atoms with Crippen LogP contribution in [0.3, 0.4) is 0 Å². The molecule has 0 bridgehead atoms. The van der Waals surface area contributed by atoms with E-state index >= 15 is 0 Å². The van der Waals surface area contributed by atoms with E-state index in [1.54, 1.807) is 0 Å². The average Bonchev–Trinajstić information content (AvgIpc) is 2.47. The van der Waals surface area contributed by atoms with Crippen LogP contribution in [-0.2, 0) is 4.79 Å². The number of carboxylic acids is 1. The Morgan fingerprint density at radius 3 is 2.05 bits per heavy atom. The summed E-state index contributed by atoms with van der Waals surface area (Å²) in [5, 5.41) is 9.38. The van der Waals surface area contributed by atoms with Gasteiger partial charge in [0.1, 0.15) is 0 Å². The van der Waals surface area contributed by atoms with E-state index in [0.29, 0.717) is 0 Å². The minimum atomic E-state index is -0.708. The second-order valence-corrected chi connectivity index (χ2v) is 6.62. The van der Waals surface area contributed by atoms with Crippen LogP contribution in [0.25, 0.3) is 0 Å². The molecule has 0 radical (unpaired) electrons. The summed E-state index contributed by atoms with van der Waals surface area (Å²) in [6, 6.07) is 7.65. The van der Waals surface area contributed by atoms with E-state index in [1.165, 1.54) is 38.5 Å². The van der Waals surface area contributed by atoms with E-state index < -0.39 is 5.97 Å². The molecular formula is C18H27BrO2. The van der Waals surface area contributed by atoms with Crippen LogP contribution < -0.4 is 0 Å². The van der Waals surface area contributed by atoms with E-state index in [2.05, 4.69) is 22.9 Å². The van der Waals surface area contributed by atoms with Gasteiger partial charge < -0.3 is 5.11 Å². The fraction of sp³-hybridized carbons (Fsp3) is 0.611. The first kappa shape index (κ1) is 18.2. The zero-order valence-electron chi connectivity index (χ0n) is 13.0. The second kappa shape index (κ2) is 10.8. The third-order valence-electron chi connectivity index (χ3n) is 3.92. The van der Waals surface area contributed by atoms with Crippen molar-refractivity contribution in [2.24, 2.45) is 0 Å². The molecule has 0 saturated heterocycles. The largest absolute Gasteiger partial charge is 0.481 e. The molecule has 0 aliphatic heterocycles. The van der Waals surface area contributed by atoms with E-state index in [-0.39, 0.29) is 5.92 Å². The van der Waals surface area contributed by atoms with Crippen molar-refractivity contribution in [3.8, 4) is 0 Å². The number of rotatable bonds is 11. The number of hydrogen-bond acceptors (Lipinski definition) is 1. The molecule has 1 unspecified atom stereocenters. The number of benzene rings is 1. The van der Waals surface area contributed by atoms with E-state index in [1.807, 2.05) is 24.3 Å². The highest BCUT2D eigenvalue weighted by Crippen LogP contribution is 2.25. The van der Waals surface area contributed by atoms with E-state index in [9.17, 15) is 9.90 Å². The molecule has 0 aliphatic carbocycles. The van der Waals surface area contributed by atoms with Gasteiger partial charge in [-0.05, 0) is 24.1 Å². The van der Waals surface area contributed by atoms with Gasteiger partial charge in [0.25, 0.3) is 0 Å². The van der Waals surface area contributed by atoms with Crippen molar-refractivity contribution in [3.63, 3.8) is 0 Å². The van der Waals surface area contributed by atoms with Gasteiger partial charge in [-0.1, -0.05) is 86.4 Å². The van der Waals surface area contributed by atoms with Crippen LogP contribution >= 0.6 is 15.9 Å². The molecular weight excluding hydrogens is 328 g/mol. The lowest BCUT2D eigenvalue weighted by molar-refractivity contribution is -0.139. The van der Waals surface area contributed by atoms with Crippen molar-refractivity contribution in [3.05, 3.63) is 34.3 Å². The van der Waals surface area contributed by atoms with Crippen LogP contribution in [-0.4, -0.2) is 11.1 Å². The first-order valence-corrected chi connectivity index (χ1v) is 8.92. The van der Waals surface area contributed by atoms with Gasteiger partial charge in [0.2, 0.25) is 0 Å². The van der Waals surface area contributed by atoms with Gasteiger partial charge in [0, 0.05) is 4.47 Å². The first-order valence-electron chi connectivity index (χ1n) is 8.13. The molecule has 0 saturated carbocycles. The maximum atomic E-state index is 11.4. The molecule has 0 amide bonds. The minimum Gasteiger partial charge on any atom is -0.481 e. The molecule has 118 valence electrons. The Kier molecular flexibility index (Phi) is 9.40. The highest BCUT2D eigenvalue weighted by molar-refractivity contribution is 9.10. The Morgan fingerprint density at radius 2 is 1.52 bits per heavy atom. The molecule has 0 aliphatic rings. The summed E-state index contributed by atoms with van der Waals surface area (Å²) in [6.07, 6.45) is 10.7. The summed E-state index contributed by atoms with van der Waals surface area (Å²) in [4.78, 5) is 11.4. The van der Waals surface area contributed by atoms with E-state index in [0.717, 1.165) is 29.3 Å². The smallest absolute Gasteiger partial charge is 0.310 e. The van der Waals surface area contributed by atoms with Gasteiger partial charge in [-0.2, -0.15) is 0 Å². The van der Waals surface area contributed by atoms with Crippen LogP contribution in [0.4, 0.5) is 0 Å². The van der Waals surface area contributed by atoms with Crippen molar-refractivity contribution in [2.75, 3.05) is 0 Å². The molecule has 21 heavy (non-hydrogen) atoms. The standard InChI is InChI=1S/C18H27BrO2/c1-2-3-4-5-6-7-8-9-10-17(18(20)21)15-11-13-16(19)14-12-15/h11-14,17H,2-10H2,1H3,(H,20,21). The number of aliphatic carboxylic acids is 1. The highest BCUT2D eigenvalue weighted by atomic mass is 79.9. The van der Waals surface area contributed by atoms with Crippen molar-refractivity contribution in [1.82, 2.24) is 0 Å². The molecule has 0 aromatic heterocycles. The van der Waals surface area contributed by atoms with Crippen LogP contribution in [0.5, 0.6) is 0 Å². The molecule has 3 heteroatoms. The zero-order valence-corrected chi connectivity index (χ0v) is 14.6. The number of carbonyl (C=O) groups is 1. The van der Waals surface area contributed by atoms with Gasteiger partial charge in [-0.25, -0.2) is 0 Å².